The second-order valence-corrected chi connectivity index (χ2v) is 4.33. The van der Waals surface area contributed by atoms with Crippen molar-refractivity contribution in [2.24, 2.45) is 5.73 Å². The van der Waals surface area contributed by atoms with Crippen molar-refractivity contribution in [2.75, 3.05) is 6.54 Å². The van der Waals surface area contributed by atoms with E-state index in [0.717, 1.165) is 24.8 Å². The van der Waals surface area contributed by atoms with Crippen molar-refractivity contribution in [2.45, 2.75) is 38.8 Å². The summed E-state index contributed by atoms with van der Waals surface area (Å²) >= 11 is 0. The van der Waals surface area contributed by atoms with Gasteiger partial charge in [-0.15, -0.1) is 0 Å². The fraction of sp³-hybridized carbons (Fsp3) is 0.500. The van der Waals surface area contributed by atoms with Gasteiger partial charge in [0.25, 0.3) is 0 Å². The first-order chi connectivity index (χ1) is 8.72. The van der Waals surface area contributed by atoms with E-state index in [1.165, 1.54) is 0 Å². The molecular weight excluding hydrogens is 228 g/mol. The number of nitrogens with two attached hydrogens (primary N) is 1. The van der Waals surface area contributed by atoms with E-state index in [4.69, 9.17) is 10.5 Å². The van der Waals surface area contributed by atoms with Crippen LogP contribution in [-0.4, -0.2) is 18.7 Å². The third-order valence-corrected chi connectivity index (χ3v) is 2.66. The number of rotatable bonds is 7. The van der Waals surface area contributed by atoms with Crippen molar-refractivity contribution in [3.8, 4) is 0 Å². The molecule has 1 rings (SSSR count). The van der Waals surface area contributed by atoms with Crippen LogP contribution in [0.2, 0.25) is 0 Å². The molecule has 0 saturated heterocycles. The van der Waals surface area contributed by atoms with Gasteiger partial charge in [0, 0.05) is 12.6 Å². The van der Waals surface area contributed by atoms with Gasteiger partial charge in [0.2, 0.25) is 0 Å². The highest BCUT2D eigenvalue weighted by atomic mass is 16.5. The smallest absolute Gasteiger partial charge is 0.407 e. The first-order valence-corrected chi connectivity index (χ1v) is 6.42. The monoisotopic (exact) mass is 250 g/mol. The van der Waals surface area contributed by atoms with Gasteiger partial charge in [-0.3, -0.25) is 0 Å². The van der Waals surface area contributed by atoms with Crippen molar-refractivity contribution >= 4 is 6.09 Å². The van der Waals surface area contributed by atoms with Crippen molar-refractivity contribution in [3.63, 3.8) is 0 Å². The number of carbonyl (C=O) groups is 1. The Kier molecular flexibility index (Phi) is 6.87. The van der Waals surface area contributed by atoms with Crippen molar-refractivity contribution < 1.29 is 9.53 Å². The quantitative estimate of drug-likeness (QED) is 0.781. The molecule has 0 radical (unpaired) electrons. The highest BCUT2D eigenvalue weighted by molar-refractivity contribution is 5.67. The zero-order valence-electron chi connectivity index (χ0n) is 10.9. The highest BCUT2D eigenvalue weighted by Crippen LogP contribution is 2.01. The molecule has 100 valence electrons. The molecule has 0 spiro atoms. The molecule has 4 nitrogen and oxygen atoms in total. The summed E-state index contributed by atoms with van der Waals surface area (Å²) in [6.45, 7) is 2.96. The van der Waals surface area contributed by atoms with Crippen LogP contribution in [0.25, 0.3) is 0 Å². The first kappa shape index (κ1) is 14.5. The molecule has 4 heteroatoms. The van der Waals surface area contributed by atoms with E-state index in [1.54, 1.807) is 0 Å². The van der Waals surface area contributed by atoms with Gasteiger partial charge in [-0.05, 0) is 18.4 Å². The minimum atomic E-state index is -0.387. The molecule has 18 heavy (non-hydrogen) atoms. The number of hydrogen-bond donors (Lipinski definition) is 2. The third-order valence-electron chi connectivity index (χ3n) is 2.66. The summed E-state index contributed by atoms with van der Waals surface area (Å²) in [4.78, 5) is 11.4. The van der Waals surface area contributed by atoms with E-state index < -0.39 is 0 Å². The number of alkyl carbamates (subject to hydrolysis) is 1. The van der Waals surface area contributed by atoms with Crippen LogP contribution in [0, 0.1) is 0 Å². The predicted octanol–water partition coefficient (Wildman–Crippen LogP) is 2.43. The summed E-state index contributed by atoms with van der Waals surface area (Å²) < 4.78 is 5.08. The molecule has 0 aliphatic rings. The van der Waals surface area contributed by atoms with Gasteiger partial charge < -0.3 is 15.8 Å². The number of amides is 1. The molecule has 0 aliphatic heterocycles. The molecule has 0 unspecified atom stereocenters. The Balaban J connectivity index is 2.11. The van der Waals surface area contributed by atoms with Gasteiger partial charge in [-0.2, -0.15) is 0 Å². The SMILES string of the molecule is CCC[C@H](N)CCNC(=O)OCc1ccccc1. The zero-order valence-corrected chi connectivity index (χ0v) is 10.9. The largest absolute Gasteiger partial charge is 0.445 e. The summed E-state index contributed by atoms with van der Waals surface area (Å²) in [7, 11) is 0. The van der Waals surface area contributed by atoms with E-state index in [9.17, 15) is 4.79 Å². The third kappa shape index (κ3) is 6.25. The molecule has 0 aliphatic carbocycles. The van der Waals surface area contributed by atoms with Gasteiger partial charge in [-0.25, -0.2) is 4.79 Å². The lowest BCUT2D eigenvalue weighted by atomic mass is 10.1. The second-order valence-electron chi connectivity index (χ2n) is 4.33. The Labute approximate surface area is 109 Å². The van der Waals surface area contributed by atoms with Crippen LogP contribution in [0.4, 0.5) is 4.79 Å². The summed E-state index contributed by atoms with van der Waals surface area (Å²) in [5, 5.41) is 2.70. The van der Waals surface area contributed by atoms with Gasteiger partial charge in [0.15, 0.2) is 0 Å². The number of nitrogens with one attached hydrogen (secondary N) is 1. The molecule has 0 fully saturated rings. The summed E-state index contributed by atoms with van der Waals surface area (Å²) in [5.74, 6) is 0. The Morgan fingerprint density at radius 3 is 2.72 bits per heavy atom. The second kappa shape index (κ2) is 8.53. The van der Waals surface area contributed by atoms with Crippen molar-refractivity contribution in [1.29, 1.82) is 0 Å². The summed E-state index contributed by atoms with van der Waals surface area (Å²) in [6.07, 6.45) is 2.46. The van der Waals surface area contributed by atoms with Crippen LogP contribution in [-0.2, 0) is 11.3 Å². The van der Waals surface area contributed by atoms with Crippen LogP contribution in [0.1, 0.15) is 31.7 Å². The Hall–Kier alpha value is -1.55. The number of ether oxygens (including phenoxy) is 1. The minimum absolute atomic E-state index is 0.157. The first-order valence-electron chi connectivity index (χ1n) is 6.42. The van der Waals surface area contributed by atoms with Gasteiger partial charge in [-0.1, -0.05) is 43.7 Å². The van der Waals surface area contributed by atoms with Crippen molar-refractivity contribution in [1.82, 2.24) is 5.32 Å². The maximum Gasteiger partial charge on any atom is 0.407 e. The van der Waals surface area contributed by atoms with E-state index in [2.05, 4.69) is 12.2 Å². The van der Waals surface area contributed by atoms with Gasteiger partial charge in [0.1, 0.15) is 6.61 Å². The Bertz CT molecular complexity index is 341. The van der Waals surface area contributed by atoms with Crippen LogP contribution in [0.15, 0.2) is 30.3 Å². The normalized spacial score (nSPS) is 11.9. The van der Waals surface area contributed by atoms with E-state index in [-0.39, 0.29) is 12.1 Å². The lowest BCUT2D eigenvalue weighted by Crippen LogP contribution is -2.30. The molecule has 0 aromatic heterocycles. The fourth-order valence-electron chi connectivity index (χ4n) is 1.65. The van der Waals surface area contributed by atoms with Crippen LogP contribution >= 0.6 is 0 Å². The van der Waals surface area contributed by atoms with Crippen LogP contribution in [0.3, 0.4) is 0 Å². The van der Waals surface area contributed by atoms with E-state index in [0.29, 0.717) is 13.2 Å². The Morgan fingerprint density at radius 1 is 1.33 bits per heavy atom. The summed E-state index contributed by atoms with van der Waals surface area (Å²) in [5.41, 5.74) is 6.83. The number of benzene rings is 1. The molecule has 1 aromatic rings. The highest BCUT2D eigenvalue weighted by Gasteiger charge is 2.04. The molecule has 3 N–H and O–H groups in total. The molecule has 0 saturated carbocycles. The van der Waals surface area contributed by atoms with Crippen LogP contribution < -0.4 is 11.1 Å². The lowest BCUT2D eigenvalue weighted by molar-refractivity contribution is 0.139. The number of carbonyl (C=O) groups excluding carboxylic acids is 1. The molecular formula is C14H22N2O2. The van der Waals surface area contributed by atoms with Crippen LogP contribution in [0.5, 0.6) is 0 Å². The van der Waals surface area contributed by atoms with E-state index in [1.807, 2.05) is 30.3 Å². The van der Waals surface area contributed by atoms with E-state index >= 15 is 0 Å². The molecule has 1 atom stereocenters. The predicted molar refractivity (Wildman–Crippen MR) is 72.1 cm³/mol. The topological polar surface area (TPSA) is 64.3 Å². The zero-order chi connectivity index (χ0) is 13.2. The summed E-state index contributed by atoms with van der Waals surface area (Å²) in [6, 6.07) is 9.76. The Morgan fingerprint density at radius 2 is 2.06 bits per heavy atom. The maximum absolute atomic E-state index is 11.4. The molecule has 1 aromatic carbocycles. The minimum Gasteiger partial charge on any atom is -0.445 e. The van der Waals surface area contributed by atoms with Gasteiger partial charge in [0.05, 0.1) is 0 Å². The molecule has 0 bridgehead atoms. The molecule has 1 amide bonds. The average molecular weight is 250 g/mol. The van der Waals surface area contributed by atoms with Crippen molar-refractivity contribution in [3.05, 3.63) is 35.9 Å². The van der Waals surface area contributed by atoms with Gasteiger partial charge >= 0.3 is 6.09 Å². The maximum atomic E-state index is 11.4. The standard InChI is InChI=1S/C14H22N2O2/c1-2-6-13(15)9-10-16-14(17)18-11-12-7-4-3-5-8-12/h3-5,7-8,13H,2,6,9-11,15H2,1H3,(H,16,17)/t13-/m0/s1. The lowest BCUT2D eigenvalue weighted by Gasteiger charge is -2.11. The fourth-order valence-corrected chi connectivity index (χ4v) is 1.65. The average Bonchev–Trinajstić information content (AvgIpc) is 2.38. The molecule has 0 heterocycles. The number of hydrogen-bond acceptors (Lipinski definition) is 3.